The van der Waals surface area contributed by atoms with Crippen molar-refractivity contribution in [2.45, 2.75) is 13.3 Å². The highest BCUT2D eigenvalue weighted by Gasteiger charge is 2.65. The highest BCUT2D eigenvalue weighted by atomic mass is 16.5. The number of anilines is 1. The number of ether oxygens (including phenoxy) is 1. The first-order chi connectivity index (χ1) is 9.03. The number of hydrogen-bond donors (Lipinski definition) is 1. The van der Waals surface area contributed by atoms with E-state index in [0.717, 1.165) is 5.56 Å². The molecule has 1 aromatic rings. The fourth-order valence-electron chi connectivity index (χ4n) is 1.99. The van der Waals surface area contributed by atoms with Crippen molar-refractivity contribution in [3.05, 3.63) is 29.8 Å². The molecule has 1 saturated carbocycles. The molecule has 0 spiro atoms. The first kappa shape index (κ1) is 13.1. The Morgan fingerprint density at radius 3 is 2.58 bits per heavy atom. The number of methoxy groups -OCH3 is 1. The zero-order chi connectivity index (χ0) is 14.0. The zero-order valence-electron chi connectivity index (χ0n) is 10.8. The largest absolute Gasteiger partial charge is 0.469 e. The molecule has 2 rings (SSSR count). The molecule has 0 unspecified atom stereocenters. The Kier molecular flexibility index (Phi) is 3.26. The first-order valence-electron chi connectivity index (χ1n) is 5.90. The lowest BCUT2D eigenvalue weighted by Crippen LogP contribution is -2.27. The number of amides is 1. The lowest BCUT2D eigenvalue weighted by atomic mass is 10.0. The summed E-state index contributed by atoms with van der Waals surface area (Å²) >= 11 is 0. The van der Waals surface area contributed by atoms with E-state index in [0.29, 0.717) is 5.69 Å². The SMILES string of the molecule is COC(=O)[C@@H]1C[C@@]1(C#N)C(=O)Nc1ccc(C)cc1. The van der Waals surface area contributed by atoms with Crippen LogP contribution in [0.2, 0.25) is 0 Å². The summed E-state index contributed by atoms with van der Waals surface area (Å²) in [6.07, 6.45) is 0.216. The standard InChI is InChI=1S/C14H14N2O3/c1-9-3-5-10(6-4-9)16-13(18)14(8-15)7-11(14)12(17)19-2/h3-6,11H,7H2,1-2H3,(H,16,18)/t11-,14-/m0/s1. The third kappa shape index (κ3) is 2.29. The zero-order valence-corrected chi connectivity index (χ0v) is 10.8. The van der Waals surface area contributed by atoms with Gasteiger partial charge < -0.3 is 10.1 Å². The van der Waals surface area contributed by atoms with Crippen LogP contribution >= 0.6 is 0 Å². The number of carbonyl (C=O) groups is 2. The van der Waals surface area contributed by atoms with Gasteiger partial charge >= 0.3 is 5.97 Å². The number of nitrogens with zero attached hydrogens (tertiary/aromatic N) is 1. The van der Waals surface area contributed by atoms with Crippen LogP contribution < -0.4 is 5.32 Å². The molecule has 19 heavy (non-hydrogen) atoms. The van der Waals surface area contributed by atoms with E-state index in [9.17, 15) is 9.59 Å². The summed E-state index contributed by atoms with van der Waals surface area (Å²) in [5, 5.41) is 11.8. The van der Waals surface area contributed by atoms with E-state index in [-0.39, 0.29) is 6.42 Å². The van der Waals surface area contributed by atoms with E-state index in [1.54, 1.807) is 12.1 Å². The van der Waals surface area contributed by atoms with Gasteiger partial charge in [0, 0.05) is 5.69 Å². The summed E-state index contributed by atoms with van der Waals surface area (Å²) in [6, 6.07) is 9.17. The highest BCUT2D eigenvalue weighted by Crippen LogP contribution is 2.53. The minimum Gasteiger partial charge on any atom is -0.469 e. The summed E-state index contributed by atoms with van der Waals surface area (Å²) < 4.78 is 4.58. The molecular formula is C14H14N2O3. The van der Waals surface area contributed by atoms with Crippen molar-refractivity contribution in [2.24, 2.45) is 11.3 Å². The second-order valence-electron chi connectivity index (χ2n) is 4.68. The van der Waals surface area contributed by atoms with E-state index in [1.807, 2.05) is 25.1 Å². The van der Waals surface area contributed by atoms with Crippen LogP contribution in [0.4, 0.5) is 5.69 Å². The van der Waals surface area contributed by atoms with E-state index in [1.165, 1.54) is 7.11 Å². The van der Waals surface area contributed by atoms with Crippen molar-refractivity contribution in [3.8, 4) is 6.07 Å². The Bertz CT molecular complexity index is 559. The Labute approximate surface area is 111 Å². The third-order valence-electron chi connectivity index (χ3n) is 3.36. The van der Waals surface area contributed by atoms with E-state index >= 15 is 0 Å². The summed E-state index contributed by atoms with van der Waals surface area (Å²) in [7, 11) is 1.25. The molecule has 5 heteroatoms. The molecule has 0 heterocycles. The van der Waals surface area contributed by atoms with Gasteiger partial charge in [0.15, 0.2) is 5.41 Å². The number of hydrogen-bond acceptors (Lipinski definition) is 4. The molecule has 1 fully saturated rings. The van der Waals surface area contributed by atoms with Crippen molar-refractivity contribution >= 4 is 17.6 Å². The van der Waals surface area contributed by atoms with Crippen LogP contribution in [0.3, 0.4) is 0 Å². The summed E-state index contributed by atoms with van der Waals surface area (Å²) in [5.41, 5.74) is 0.408. The molecule has 0 bridgehead atoms. The highest BCUT2D eigenvalue weighted by molar-refractivity contribution is 6.03. The third-order valence-corrected chi connectivity index (χ3v) is 3.36. The molecule has 0 aromatic heterocycles. The number of benzene rings is 1. The number of rotatable bonds is 3. The minimum atomic E-state index is -1.28. The van der Waals surface area contributed by atoms with Crippen LogP contribution in [0.25, 0.3) is 0 Å². The van der Waals surface area contributed by atoms with Crippen molar-refractivity contribution in [1.29, 1.82) is 5.26 Å². The van der Waals surface area contributed by atoms with Gasteiger partial charge in [-0.05, 0) is 25.5 Å². The molecule has 0 aliphatic heterocycles. The monoisotopic (exact) mass is 258 g/mol. The van der Waals surface area contributed by atoms with E-state index in [2.05, 4.69) is 10.1 Å². The lowest BCUT2D eigenvalue weighted by Gasteiger charge is -2.09. The molecule has 98 valence electrons. The van der Waals surface area contributed by atoms with Gasteiger partial charge in [-0.25, -0.2) is 0 Å². The van der Waals surface area contributed by atoms with Gasteiger partial charge in [-0.1, -0.05) is 17.7 Å². The second kappa shape index (κ2) is 4.73. The molecule has 0 saturated heterocycles. The van der Waals surface area contributed by atoms with Crippen LogP contribution in [0.1, 0.15) is 12.0 Å². The maximum atomic E-state index is 12.1. The number of esters is 1. The van der Waals surface area contributed by atoms with Crippen LogP contribution in [0.5, 0.6) is 0 Å². The Hall–Kier alpha value is -2.35. The summed E-state index contributed by atoms with van der Waals surface area (Å²) in [5.74, 6) is -1.62. The topological polar surface area (TPSA) is 79.2 Å². The molecule has 1 aliphatic rings. The number of aryl methyl sites for hydroxylation is 1. The average Bonchev–Trinajstić information content (AvgIpc) is 3.16. The smallest absolute Gasteiger partial charge is 0.310 e. The van der Waals surface area contributed by atoms with Crippen molar-refractivity contribution in [1.82, 2.24) is 0 Å². The van der Waals surface area contributed by atoms with Crippen molar-refractivity contribution in [3.63, 3.8) is 0 Å². The molecule has 1 aromatic carbocycles. The fourth-order valence-corrected chi connectivity index (χ4v) is 1.99. The molecule has 1 N–H and O–H groups in total. The van der Waals surface area contributed by atoms with Crippen molar-refractivity contribution < 1.29 is 14.3 Å². The predicted octanol–water partition coefficient (Wildman–Crippen LogP) is 1.64. The first-order valence-corrected chi connectivity index (χ1v) is 5.90. The molecular weight excluding hydrogens is 244 g/mol. The van der Waals surface area contributed by atoms with Crippen LogP contribution in [-0.4, -0.2) is 19.0 Å². The van der Waals surface area contributed by atoms with E-state index < -0.39 is 23.2 Å². The number of nitriles is 1. The van der Waals surface area contributed by atoms with Gasteiger partial charge in [-0.2, -0.15) is 5.26 Å². The Balaban J connectivity index is 2.10. The molecule has 5 nitrogen and oxygen atoms in total. The maximum absolute atomic E-state index is 12.1. The molecule has 1 aliphatic carbocycles. The Morgan fingerprint density at radius 1 is 1.42 bits per heavy atom. The number of nitrogens with one attached hydrogen (secondary N) is 1. The molecule has 2 atom stereocenters. The maximum Gasteiger partial charge on any atom is 0.310 e. The quantitative estimate of drug-likeness (QED) is 0.836. The normalized spacial score (nSPS) is 24.2. The Morgan fingerprint density at radius 2 is 2.05 bits per heavy atom. The van der Waals surface area contributed by atoms with Gasteiger partial charge in [0.1, 0.15) is 0 Å². The summed E-state index contributed by atoms with van der Waals surface area (Å²) in [6.45, 7) is 1.94. The van der Waals surface area contributed by atoms with Crippen LogP contribution in [0.15, 0.2) is 24.3 Å². The lowest BCUT2D eigenvalue weighted by molar-refractivity contribution is -0.143. The van der Waals surface area contributed by atoms with Gasteiger partial charge in [0.05, 0.1) is 19.1 Å². The average molecular weight is 258 g/mol. The molecule has 1 amide bonds. The van der Waals surface area contributed by atoms with Gasteiger partial charge in [0.25, 0.3) is 0 Å². The predicted molar refractivity (Wildman–Crippen MR) is 68.0 cm³/mol. The van der Waals surface area contributed by atoms with Gasteiger partial charge in [-0.15, -0.1) is 0 Å². The van der Waals surface area contributed by atoms with Crippen LogP contribution in [0, 0.1) is 29.6 Å². The van der Waals surface area contributed by atoms with Gasteiger partial charge in [0.2, 0.25) is 5.91 Å². The van der Waals surface area contributed by atoms with Gasteiger partial charge in [-0.3, -0.25) is 9.59 Å². The van der Waals surface area contributed by atoms with Crippen LogP contribution in [-0.2, 0) is 14.3 Å². The fraction of sp³-hybridized carbons (Fsp3) is 0.357. The molecule has 0 radical (unpaired) electrons. The second-order valence-corrected chi connectivity index (χ2v) is 4.68. The number of carbonyl (C=O) groups excluding carboxylic acids is 2. The van der Waals surface area contributed by atoms with E-state index in [4.69, 9.17) is 5.26 Å². The minimum absolute atomic E-state index is 0.216. The summed E-state index contributed by atoms with van der Waals surface area (Å²) in [4.78, 5) is 23.5. The van der Waals surface area contributed by atoms with Crippen molar-refractivity contribution in [2.75, 3.05) is 12.4 Å².